The van der Waals surface area contributed by atoms with Crippen LogP contribution in [0.1, 0.15) is 32.6 Å². The standard InChI is InChI=1S/C12H25N2O/c1-5-6-10-14(12(2)15)11-8-7-9-13(3)4/h2,5-11H2,1,3-4H3. The number of carbonyl (C=O) groups is 1. The molecule has 0 saturated heterocycles. The van der Waals surface area contributed by atoms with Crippen molar-refractivity contribution in [3.05, 3.63) is 6.92 Å². The molecule has 0 aromatic rings. The maximum atomic E-state index is 11.2. The molecule has 0 aromatic carbocycles. The van der Waals surface area contributed by atoms with Gasteiger partial charge in [-0.2, -0.15) is 0 Å². The molecule has 3 heteroatoms. The highest BCUT2D eigenvalue weighted by atomic mass is 16.2. The van der Waals surface area contributed by atoms with Crippen LogP contribution < -0.4 is 0 Å². The molecule has 0 aliphatic carbocycles. The normalized spacial score (nSPS) is 10.7. The number of hydrogen-bond donors (Lipinski definition) is 0. The van der Waals surface area contributed by atoms with E-state index in [1.807, 2.05) is 4.90 Å². The van der Waals surface area contributed by atoms with Crippen molar-refractivity contribution in [3.63, 3.8) is 0 Å². The summed E-state index contributed by atoms with van der Waals surface area (Å²) in [6, 6.07) is 0. The van der Waals surface area contributed by atoms with Crippen LogP contribution in [0.25, 0.3) is 0 Å². The van der Waals surface area contributed by atoms with Crippen molar-refractivity contribution in [2.45, 2.75) is 32.6 Å². The van der Waals surface area contributed by atoms with Gasteiger partial charge in [0.05, 0.1) is 0 Å². The Morgan fingerprint density at radius 2 is 1.60 bits per heavy atom. The van der Waals surface area contributed by atoms with Crippen molar-refractivity contribution in [2.75, 3.05) is 33.7 Å². The number of unbranched alkanes of at least 4 members (excludes halogenated alkanes) is 2. The van der Waals surface area contributed by atoms with Crippen LogP contribution in [0.5, 0.6) is 0 Å². The Kier molecular flexibility index (Phi) is 8.38. The summed E-state index contributed by atoms with van der Waals surface area (Å²) in [6.45, 7) is 8.43. The van der Waals surface area contributed by atoms with Crippen LogP contribution in [0.2, 0.25) is 0 Å². The van der Waals surface area contributed by atoms with Crippen LogP contribution in [-0.2, 0) is 4.79 Å². The summed E-state index contributed by atoms with van der Waals surface area (Å²) >= 11 is 0. The van der Waals surface area contributed by atoms with Crippen LogP contribution in [0, 0.1) is 6.92 Å². The second kappa shape index (κ2) is 8.72. The van der Waals surface area contributed by atoms with Gasteiger partial charge in [0.15, 0.2) is 0 Å². The monoisotopic (exact) mass is 213 g/mol. The van der Waals surface area contributed by atoms with Gasteiger partial charge in [-0.1, -0.05) is 13.3 Å². The number of carbonyl (C=O) groups excluding carboxylic acids is 1. The molecule has 0 aliphatic rings. The highest BCUT2D eigenvalue weighted by molar-refractivity contribution is 5.80. The topological polar surface area (TPSA) is 23.6 Å². The van der Waals surface area contributed by atoms with E-state index in [2.05, 4.69) is 32.8 Å². The Bertz CT molecular complexity index is 169. The smallest absolute Gasteiger partial charge is 0.223 e. The summed E-state index contributed by atoms with van der Waals surface area (Å²) in [5, 5.41) is 0. The van der Waals surface area contributed by atoms with Crippen LogP contribution in [0.4, 0.5) is 0 Å². The molecule has 89 valence electrons. The lowest BCUT2D eigenvalue weighted by atomic mass is 10.2. The van der Waals surface area contributed by atoms with E-state index in [1.54, 1.807) is 0 Å². The van der Waals surface area contributed by atoms with Gasteiger partial charge >= 0.3 is 0 Å². The summed E-state index contributed by atoms with van der Waals surface area (Å²) in [4.78, 5) is 15.2. The fourth-order valence-electron chi connectivity index (χ4n) is 1.44. The van der Waals surface area contributed by atoms with Crippen LogP contribution in [0.3, 0.4) is 0 Å². The minimum atomic E-state index is -0.0340. The van der Waals surface area contributed by atoms with Gasteiger partial charge in [0.1, 0.15) is 0 Å². The minimum Gasteiger partial charge on any atom is -0.343 e. The largest absolute Gasteiger partial charge is 0.343 e. The average Bonchev–Trinajstić information content (AvgIpc) is 2.15. The van der Waals surface area contributed by atoms with E-state index in [0.29, 0.717) is 0 Å². The fraction of sp³-hybridized carbons (Fsp3) is 0.833. The Morgan fingerprint density at radius 3 is 2.07 bits per heavy atom. The second-order valence-corrected chi connectivity index (χ2v) is 4.24. The molecule has 0 aliphatic heterocycles. The zero-order valence-electron chi connectivity index (χ0n) is 10.5. The number of rotatable bonds is 8. The zero-order chi connectivity index (χ0) is 11.7. The lowest BCUT2D eigenvalue weighted by Gasteiger charge is -2.21. The van der Waals surface area contributed by atoms with Crippen LogP contribution >= 0.6 is 0 Å². The SMILES string of the molecule is [CH2]C(=O)N(CCCC)CCCCN(C)C. The van der Waals surface area contributed by atoms with Crippen molar-refractivity contribution in [3.8, 4) is 0 Å². The van der Waals surface area contributed by atoms with Gasteiger partial charge in [0.25, 0.3) is 0 Å². The first-order valence-corrected chi connectivity index (χ1v) is 5.83. The Morgan fingerprint density at radius 1 is 1.07 bits per heavy atom. The molecule has 0 unspecified atom stereocenters. The third-order valence-electron chi connectivity index (χ3n) is 2.42. The average molecular weight is 213 g/mol. The summed E-state index contributed by atoms with van der Waals surface area (Å²) in [6.07, 6.45) is 4.42. The third-order valence-corrected chi connectivity index (χ3v) is 2.42. The Labute approximate surface area is 94.4 Å². The highest BCUT2D eigenvalue weighted by Gasteiger charge is 2.06. The van der Waals surface area contributed by atoms with Crippen molar-refractivity contribution >= 4 is 5.91 Å². The molecule has 0 spiro atoms. The molecule has 0 rings (SSSR count). The van der Waals surface area contributed by atoms with E-state index < -0.39 is 0 Å². The lowest BCUT2D eigenvalue weighted by molar-refractivity contribution is -0.126. The molecule has 3 nitrogen and oxygen atoms in total. The molecule has 1 radical (unpaired) electrons. The summed E-state index contributed by atoms with van der Waals surface area (Å²) < 4.78 is 0. The highest BCUT2D eigenvalue weighted by Crippen LogP contribution is 2.00. The molecule has 0 N–H and O–H groups in total. The van der Waals surface area contributed by atoms with E-state index in [-0.39, 0.29) is 5.91 Å². The van der Waals surface area contributed by atoms with Gasteiger partial charge in [0, 0.05) is 20.0 Å². The Balaban J connectivity index is 3.62. The fourth-order valence-corrected chi connectivity index (χ4v) is 1.44. The second-order valence-electron chi connectivity index (χ2n) is 4.24. The number of hydrogen-bond acceptors (Lipinski definition) is 2. The van der Waals surface area contributed by atoms with Gasteiger partial charge in [-0.15, -0.1) is 0 Å². The van der Waals surface area contributed by atoms with Crippen molar-refractivity contribution in [1.29, 1.82) is 0 Å². The van der Waals surface area contributed by atoms with Gasteiger partial charge in [-0.05, 0) is 39.9 Å². The molecule has 0 aromatic heterocycles. The van der Waals surface area contributed by atoms with E-state index in [9.17, 15) is 4.79 Å². The molecule has 1 amide bonds. The van der Waals surface area contributed by atoms with Crippen molar-refractivity contribution in [1.82, 2.24) is 9.80 Å². The van der Waals surface area contributed by atoms with E-state index >= 15 is 0 Å². The minimum absolute atomic E-state index is 0.0340. The molecular formula is C12H25N2O. The molecule has 0 fully saturated rings. The van der Waals surface area contributed by atoms with Crippen LogP contribution in [-0.4, -0.2) is 49.4 Å². The van der Waals surface area contributed by atoms with E-state index in [4.69, 9.17) is 0 Å². The van der Waals surface area contributed by atoms with E-state index in [1.165, 1.54) is 0 Å². The molecular weight excluding hydrogens is 188 g/mol. The zero-order valence-corrected chi connectivity index (χ0v) is 10.5. The molecule has 0 bridgehead atoms. The lowest BCUT2D eigenvalue weighted by Crippen LogP contribution is -2.31. The van der Waals surface area contributed by atoms with Crippen LogP contribution in [0.15, 0.2) is 0 Å². The summed E-state index contributed by atoms with van der Waals surface area (Å²) in [5.74, 6) is -0.0340. The van der Waals surface area contributed by atoms with Crippen molar-refractivity contribution in [2.24, 2.45) is 0 Å². The van der Waals surface area contributed by atoms with Gasteiger partial charge in [0.2, 0.25) is 5.91 Å². The first-order valence-electron chi connectivity index (χ1n) is 5.83. The van der Waals surface area contributed by atoms with Gasteiger partial charge in [-0.3, -0.25) is 4.79 Å². The maximum absolute atomic E-state index is 11.2. The Hall–Kier alpha value is -0.570. The van der Waals surface area contributed by atoms with Gasteiger partial charge in [-0.25, -0.2) is 0 Å². The van der Waals surface area contributed by atoms with E-state index in [0.717, 1.165) is 45.3 Å². The maximum Gasteiger partial charge on any atom is 0.223 e. The van der Waals surface area contributed by atoms with Crippen molar-refractivity contribution < 1.29 is 4.79 Å². The molecule has 0 saturated carbocycles. The molecule has 0 heterocycles. The third kappa shape index (κ3) is 8.43. The quantitative estimate of drug-likeness (QED) is 0.574. The molecule has 15 heavy (non-hydrogen) atoms. The summed E-state index contributed by atoms with van der Waals surface area (Å²) in [7, 11) is 4.14. The summed E-state index contributed by atoms with van der Waals surface area (Å²) in [5.41, 5.74) is 0. The van der Waals surface area contributed by atoms with Gasteiger partial charge < -0.3 is 9.80 Å². The predicted octanol–water partition coefficient (Wildman–Crippen LogP) is 1.79. The number of nitrogens with zero attached hydrogens (tertiary/aromatic N) is 2. The predicted molar refractivity (Wildman–Crippen MR) is 64.6 cm³/mol. The first-order chi connectivity index (χ1) is 7.07. The number of amides is 1. The first kappa shape index (κ1) is 14.4. The molecule has 0 atom stereocenters.